The highest BCUT2D eigenvalue weighted by atomic mass is 79.9. The summed E-state index contributed by atoms with van der Waals surface area (Å²) in [6.45, 7) is 2.84. The summed E-state index contributed by atoms with van der Waals surface area (Å²) in [4.78, 5) is 0. The predicted octanol–water partition coefficient (Wildman–Crippen LogP) is 2.88. The quantitative estimate of drug-likeness (QED) is 0.932. The highest BCUT2D eigenvalue weighted by molar-refractivity contribution is 9.10. The number of hydrogen-bond donors (Lipinski definition) is 1. The lowest BCUT2D eigenvalue weighted by Crippen LogP contribution is -2.36. The Morgan fingerprint density at radius 3 is 3.00 bits per heavy atom. The van der Waals surface area contributed by atoms with Crippen LogP contribution in [0.4, 0.5) is 4.39 Å². The van der Waals surface area contributed by atoms with Crippen LogP contribution in [0.25, 0.3) is 0 Å². The van der Waals surface area contributed by atoms with Crippen molar-refractivity contribution in [3.63, 3.8) is 0 Å². The van der Waals surface area contributed by atoms with Gasteiger partial charge in [0, 0.05) is 18.6 Å². The average molecular weight is 302 g/mol. The lowest BCUT2D eigenvalue weighted by molar-refractivity contribution is 0.0995. The molecule has 0 aliphatic carbocycles. The number of hydrogen-bond acceptors (Lipinski definition) is 2. The normalized spacial score (nSPS) is 26.1. The molecule has 1 aliphatic heterocycles. The first-order valence-corrected chi connectivity index (χ1v) is 6.69. The van der Waals surface area contributed by atoms with E-state index in [1.165, 1.54) is 6.07 Å². The van der Waals surface area contributed by atoms with E-state index in [9.17, 15) is 4.39 Å². The fourth-order valence-electron chi connectivity index (χ4n) is 2.42. The molecule has 1 aromatic rings. The number of ether oxygens (including phenoxy) is 1. The van der Waals surface area contributed by atoms with Gasteiger partial charge in [0.15, 0.2) is 0 Å². The van der Waals surface area contributed by atoms with E-state index in [4.69, 9.17) is 10.5 Å². The van der Waals surface area contributed by atoms with Gasteiger partial charge in [-0.3, -0.25) is 0 Å². The lowest BCUT2D eigenvalue weighted by atomic mass is 9.89. The Labute approximate surface area is 109 Å². The first-order chi connectivity index (χ1) is 8.09. The minimum atomic E-state index is -0.231. The van der Waals surface area contributed by atoms with Crippen molar-refractivity contribution in [2.75, 3.05) is 6.61 Å². The highest BCUT2D eigenvalue weighted by Crippen LogP contribution is 2.27. The van der Waals surface area contributed by atoms with Gasteiger partial charge in [-0.25, -0.2) is 4.39 Å². The maximum absolute atomic E-state index is 13.4. The second kappa shape index (κ2) is 5.46. The van der Waals surface area contributed by atoms with E-state index < -0.39 is 0 Å². The van der Waals surface area contributed by atoms with E-state index in [2.05, 4.69) is 22.9 Å². The van der Waals surface area contributed by atoms with Crippen molar-refractivity contribution in [3.05, 3.63) is 34.1 Å². The molecular weight excluding hydrogens is 285 g/mol. The Kier molecular flexibility index (Phi) is 4.17. The Morgan fingerprint density at radius 1 is 1.59 bits per heavy atom. The first kappa shape index (κ1) is 13.0. The third-order valence-corrected chi connectivity index (χ3v) is 4.36. The molecule has 0 amide bonds. The van der Waals surface area contributed by atoms with Crippen LogP contribution in [0.15, 0.2) is 22.7 Å². The summed E-state index contributed by atoms with van der Waals surface area (Å²) in [5.41, 5.74) is 7.12. The van der Waals surface area contributed by atoms with Gasteiger partial charge in [0.2, 0.25) is 0 Å². The van der Waals surface area contributed by atoms with Crippen LogP contribution in [-0.2, 0) is 11.2 Å². The third kappa shape index (κ3) is 2.87. The molecule has 2 nitrogen and oxygen atoms in total. The molecule has 0 bridgehead atoms. The zero-order valence-electron chi connectivity index (χ0n) is 9.83. The third-order valence-electron chi connectivity index (χ3n) is 3.47. The first-order valence-electron chi connectivity index (χ1n) is 5.89. The summed E-state index contributed by atoms with van der Waals surface area (Å²) in [5.74, 6) is 0.135. The van der Waals surface area contributed by atoms with Crippen LogP contribution in [0.1, 0.15) is 18.9 Å². The molecule has 17 heavy (non-hydrogen) atoms. The molecule has 1 fully saturated rings. The zero-order valence-corrected chi connectivity index (χ0v) is 11.4. The van der Waals surface area contributed by atoms with E-state index in [0.717, 1.165) is 18.6 Å². The van der Waals surface area contributed by atoms with Gasteiger partial charge in [-0.15, -0.1) is 0 Å². The van der Waals surface area contributed by atoms with E-state index in [-0.39, 0.29) is 18.0 Å². The molecular formula is C13H17BrFNO. The molecule has 2 rings (SSSR count). The monoisotopic (exact) mass is 301 g/mol. The Bertz CT molecular complexity index is 399. The van der Waals surface area contributed by atoms with Crippen LogP contribution in [0.5, 0.6) is 0 Å². The zero-order chi connectivity index (χ0) is 12.4. The van der Waals surface area contributed by atoms with Crippen molar-refractivity contribution in [1.29, 1.82) is 0 Å². The highest BCUT2D eigenvalue weighted by Gasteiger charge is 2.30. The van der Waals surface area contributed by atoms with Crippen LogP contribution in [0, 0.1) is 11.7 Å². The number of nitrogens with two attached hydrogens (primary N) is 1. The van der Waals surface area contributed by atoms with Crippen molar-refractivity contribution >= 4 is 15.9 Å². The summed E-state index contributed by atoms with van der Waals surface area (Å²) in [5, 5.41) is 0. The van der Waals surface area contributed by atoms with Gasteiger partial charge in [0.05, 0.1) is 10.6 Å². The smallest absolute Gasteiger partial charge is 0.137 e. The van der Waals surface area contributed by atoms with Crippen LogP contribution < -0.4 is 5.73 Å². The second-order valence-electron chi connectivity index (χ2n) is 4.61. The van der Waals surface area contributed by atoms with Crippen LogP contribution in [0.2, 0.25) is 0 Å². The molecule has 0 radical (unpaired) electrons. The van der Waals surface area contributed by atoms with Gasteiger partial charge in [-0.2, -0.15) is 0 Å². The van der Waals surface area contributed by atoms with Gasteiger partial charge in [0.25, 0.3) is 0 Å². The SMILES string of the molecule is CC1OCCC1C(N)Cc1cccc(F)c1Br. The molecule has 3 atom stereocenters. The van der Waals surface area contributed by atoms with Crippen LogP contribution >= 0.6 is 15.9 Å². The molecule has 0 spiro atoms. The molecule has 2 N–H and O–H groups in total. The summed E-state index contributed by atoms with van der Waals surface area (Å²) in [7, 11) is 0. The Hall–Kier alpha value is -0.450. The topological polar surface area (TPSA) is 35.2 Å². The summed E-state index contributed by atoms with van der Waals surface area (Å²) in [6, 6.07) is 5.09. The van der Waals surface area contributed by atoms with Crippen molar-refractivity contribution < 1.29 is 9.13 Å². The Morgan fingerprint density at radius 2 is 2.35 bits per heavy atom. The summed E-state index contributed by atoms with van der Waals surface area (Å²) >= 11 is 3.27. The van der Waals surface area contributed by atoms with Crippen LogP contribution in [-0.4, -0.2) is 18.8 Å². The Balaban J connectivity index is 2.07. The predicted molar refractivity (Wildman–Crippen MR) is 69.3 cm³/mol. The van der Waals surface area contributed by atoms with Crippen molar-refractivity contribution in [2.24, 2.45) is 11.7 Å². The fourth-order valence-corrected chi connectivity index (χ4v) is 2.85. The molecule has 1 heterocycles. The average Bonchev–Trinajstić information content (AvgIpc) is 2.71. The number of benzene rings is 1. The molecule has 1 aromatic carbocycles. The molecule has 3 unspecified atom stereocenters. The molecule has 0 saturated carbocycles. The molecule has 94 valence electrons. The molecule has 0 aromatic heterocycles. The van der Waals surface area contributed by atoms with Gasteiger partial charge >= 0.3 is 0 Å². The maximum atomic E-state index is 13.4. The minimum absolute atomic E-state index is 0.0191. The molecule has 1 aliphatic rings. The summed E-state index contributed by atoms with van der Waals surface area (Å²) < 4.78 is 19.4. The van der Waals surface area contributed by atoms with Crippen LogP contribution in [0.3, 0.4) is 0 Å². The number of halogens is 2. The van der Waals surface area contributed by atoms with Gasteiger partial charge in [-0.1, -0.05) is 12.1 Å². The van der Waals surface area contributed by atoms with E-state index in [1.807, 2.05) is 6.07 Å². The lowest BCUT2D eigenvalue weighted by Gasteiger charge is -2.22. The standard InChI is InChI=1S/C13H17BrFNO/c1-8-10(5-6-17-8)12(16)7-9-3-2-4-11(15)13(9)14/h2-4,8,10,12H,5-7,16H2,1H3. The van der Waals surface area contributed by atoms with Gasteiger partial charge in [-0.05, 0) is 47.3 Å². The van der Waals surface area contributed by atoms with Gasteiger partial charge < -0.3 is 10.5 Å². The van der Waals surface area contributed by atoms with E-state index in [0.29, 0.717) is 16.8 Å². The van der Waals surface area contributed by atoms with Crippen molar-refractivity contribution in [1.82, 2.24) is 0 Å². The summed E-state index contributed by atoms with van der Waals surface area (Å²) in [6.07, 6.45) is 1.88. The maximum Gasteiger partial charge on any atom is 0.137 e. The molecule has 1 saturated heterocycles. The fraction of sp³-hybridized carbons (Fsp3) is 0.538. The second-order valence-corrected chi connectivity index (χ2v) is 5.40. The van der Waals surface area contributed by atoms with Crippen molar-refractivity contribution in [2.45, 2.75) is 31.9 Å². The number of rotatable bonds is 3. The minimum Gasteiger partial charge on any atom is -0.378 e. The van der Waals surface area contributed by atoms with Gasteiger partial charge in [0.1, 0.15) is 5.82 Å². The van der Waals surface area contributed by atoms with E-state index >= 15 is 0 Å². The largest absolute Gasteiger partial charge is 0.378 e. The molecule has 4 heteroatoms. The van der Waals surface area contributed by atoms with E-state index in [1.54, 1.807) is 6.07 Å². The van der Waals surface area contributed by atoms with Crippen molar-refractivity contribution in [3.8, 4) is 0 Å².